The zero-order valence-corrected chi connectivity index (χ0v) is 12.0. The van der Waals surface area contributed by atoms with Gasteiger partial charge in [0.15, 0.2) is 0 Å². The summed E-state index contributed by atoms with van der Waals surface area (Å²) in [6.45, 7) is 0. The van der Waals surface area contributed by atoms with Crippen molar-refractivity contribution in [2.45, 2.75) is 4.90 Å². The summed E-state index contributed by atoms with van der Waals surface area (Å²) in [5.41, 5.74) is 1.78. The minimum absolute atomic E-state index is 0.285. The number of hydrogen-bond donors (Lipinski definition) is 1. The first kappa shape index (κ1) is 14.3. The Morgan fingerprint density at radius 3 is 2.77 bits per heavy atom. The maximum atomic E-state index is 13.9. The Hall–Kier alpha value is -2.65. The molecule has 2 aromatic rings. The first-order valence-electron chi connectivity index (χ1n) is 6.34. The van der Waals surface area contributed by atoms with Gasteiger partial charge < -0.3 is 4.98 Å². The first-order chi connectivity index (χ1) is 10.7. The minimum Gasteiger partial charge on any atom is -0.359 e. The molecule has 0 amide bonds. The van der Waals surface area contributed by atoms with Gasteiger partial charge in [-0.3, -0.25) is 4.99 Å². The van der Waals surface area contributed by atoms with Gasteiger partial charge in [-0.1, -0.05) is 11.8 Å². The van der Waals surface area contributed by atoms with Crippen LogP contribution in [0.5, 0.6) is 0 Å². The highest BCUT2D eigenvalue weighted by molar-refractivity contribution is 8.08. The molecule has 6 heteroatoms. The van der Waals surface area contributed by atoms with Crippen LogP contribution in [0.2, 0.25) is 0 Å². The van der Waals surface area contributed by atoms with E-state index in [1.807, 2.05) is 6.07 Å². The fourth-order valence-electron chi connectivity index (χ4n) is 1.94. The van der Waals surface area contributed by atoms with Crippen LogP contribution in [0.4, 0.5) is 8.78 Å². The number of aliphatic imine (C=N–C) groups is 1. The van der Waals surface area contributed by atoms with Crippen LogP contribution in [-0.4, -0.2) is 11.2 Å². The molecule has 0 bridgehead atoms. The van der Waals surface area contributed by atoms with Crippen molar-refractivity contribution in [3.8, 4) is 6.07 Å². The predicted molar refractivity (Wildman–Crippen MR) is 82.3 cm³/mol. The van der Waals surface area contributed by atoms with Gasteiger partial charge >= 0.3 is 0 Å². The lowest BCUT2D eigenvalue weighted by Crippen LogP contribution is -1.88. The van der Waals surface area contributed by atoms with Crippen LogP contribution in [0, 0.1) is 23.0 Å². The summed E-state index contributed by atoms with van der Waals surface area (Å²) in [6.07, 6.45) is 6.76. The number of thioether (sulfide) groups is 1. The number of rotatable bonds is 3. The summed E-state index contributed by atoms with van der Waals surface area (Å²) < 4.78 is 26.9. The van der Waals surface area contributed by atoms with Crippen LogP contribution in [0.1, 0.15) is 11.3 Å². The summed E-state index contributed by atoms with van der Waals surface area (Å²) in [5.74, 6) is -1.26. The van der Waals surface area contributed by atoms with Gasteiger partial charge in [0, 0.05) is 23.4 Å². The molecular formula is C16H9F2N3S. The van der Waals surface area contributed by atoms with E-state index in [1.54, 1.807) is 30.6 Å². The molecule has 22 heavy (non-hydrogen) atoms. The molecule has 0 spiro atoms. The highest BCUT2D eigenvalue weighted by Gasteiger charge is 2.15. The van der Waals surface area contributed by atoms with Gasteiger partial charge in [-0.2, -0.15) is 5.26 Å². The smallest absolute Gasteiger partial charge is 0.140 e. The lowest BCUT2D eigenvalue weighted by molar-refractivity contribution is 0.566. The number of benzene rings is 1. The van der Waals surface area contributed by atoms with E-state index in [-0.39, 0.29) is 4.90 Å². The average Bonchev–Trinajstić information content (AvgIpc) is 3.18. The highest BCUT2D eigenvalue weighted by Crippen LogP contribution is 2.39. The summed E-state index contributed by atoms with van der Waals surface area (Å²) >= 11 is 1.13. The van der Waals surface area contributed by atoms with Gasteiger partial charge in [0.05, 0.1) is 21.9 Å². The monoisotopic (exact) mass is 313 g/mol. The third kappa shape index (κ3) is 2.85. The summed E-state index contributed by atoms with van der Waals surface area (Å²) in [6, 6.07) is 7.13. The third-order valence-corrected chi connectivity index (χ3v) is 4.13. The van der Waals surface area contributed by atoms with Crippen LogP contribution >= 0.6 is 11.8 Å². The SMILES string of the molecule is N#Cc1c[nH]c(/C(Sc2ccc(F)cc2F)=C2/C=CC=N2)c1. The molecule has 1 N–H and O–H groups in total. The quantitative estimate of drug-likeness (QED) is 0.861. The Balaban J connectivity index is 2.04. The second-order valence-electron chi connectivity index (χ2n) is 4.44. The van der Waals surface area contributed by atoms with Crippen molar-refractivity contribution < 1.29 is 8.78 Å². The van der Waals surface area contributed by atoms with E-state index in [9.17, 15) is 8.78 Å². The molecule has 0 fully saturated rings. The van der Waals surface area contributed by atoms with Gasteiger partial charge in [-0.15, -0.1) is 0 Å². The predicted octanol–water partition coefficient (Wildman–Crippen LogP) is 4.27. The fourth-order valence-corrected chi connectivity index (χ4v) is 2.90. The van der Waals surface area contributed by atoms with Crippen LogP contribution in [0.25, 0.3) is 4.91 Å². The minimum atomic E-state index is -0.638. The Morgan fingerprint density at radius 1 is 1.27 bits per heavy atom. The molecule has 0 atom stereocenters. The van der Waals surface area contributed by atoms with Gasteiger partial charge in [0.2, 0.25) is 0 Å². The fraction of sp³-hybridized carbons (Fsp3) is 0. The maximum absolute atomic E-state index is 13.9. The zero-order chi connectivity index (χ0) is 15.5. The first-order valence-corrected chi connectivity index (χ1v) is 7.16. The van der Waals surface area contributed by atoms with Gasteiger partial charge in [-0.25, -0.2) is 8.78 Å². The molecule has 3 nitrogen and oxygen atoms in total. The Kier molecular flexibility index (Phi) is 3.90. The second kappa shape index (κ2) is 6.00. The number of halogens is 2. The van der Waals surface area contributed by atoms with Crippen molar-refractivity contribution in [2.75, 3.05) is 0 Å². The Labute approximate surface area is 129 Å². The lowest BCUT2D eigenvalue weighted by atomic mass is 10.3. The number of H-pyrrole nitrogens is 1. The normalized spacial score (nSPS) is 15.1. The largest absolute Gasteiger partial charge is 0.359 e. The topological polar surface area (TPSA) is 51.9 Å². The van der Waals surface area contributed by atoms with Crippen molar-refractivity contribution >= 4 is 22.9 Å². The van der Waals surface area contributed by atoms with Crippen molar-refractivity contribution in [3.05, 3.63) is 71.2 Å². The van der Waals surface area contributed by atoms with E-state index in [1.165, 1.54) is 12.1 Å². The molecule has 0 radical (unpaired) electrons. The number of nitrogens with one attached hydrogen (secondary N) is 1. The number of aromatic amines is 1. The Bertz CT molecular complexity index is 843. The number of hydrogen-bond acceptors (Lipinski definition) is 3. The van der Waals surface area contributed by atoms with Gasteiger partial charge in [-0.05, 0) is 30.4 Å². The van der Waals surface area contributed by atoms with Crippen molar-refractivity contribution in [1.82, 2.24) is 4.98 Å². The molecule has 1 aliphatic heterocycles. The molecule has 1 aliphatic rings. The summed E-state index contributed by atoms with van der Waals surface area (Å²) in [7, 11) is 0. The van der Waals surface area contributed by atoms with E-state index in [2.05, 4.69) is 9.98 Å². The van der Waals surface area contributed by atoms with Gasteiger partial charge in [0.1, 0.15) is 17.7 Å². The average molecular weight is 313 g/mol. The van der Waals surface area contributed by atoms with Crippen molar-refractivity contribution in [1.29, 1.82) is 5.26 Å². The van der Waals surface area contributed by atoms with Crippen molar-refractivity contribution in [2.24, 2.45) is 4.99 Å². The molecule has 108 valence electrons. The van der Waals surface area contributed by atoms with Crippen molar-refractivity contribution in [3.63, 3.8) is 0 Å². The van der Waals surface area contributed by atoms with Crippen LogP contribution < -0.4 is 0 Å². The molecule has 1 aromatic heterocycles. The standard InChI is InChI=1S/C16H9F2N3S/c17-11-3-4-15(12(18)7-11)22-16(13-2-1-5-20-13)14-6-10(8-19)9-21-14/h1-7,9,21H/b16-13+. The van der Waals surface area contributed by atoms with E-state index in [0.717, 1.165) is 17.8 Å². The molecule has 0 aliphatic carbocycles. The van der Waals surface area contributed by atoms with E-state index in [0.29, 0.717) is 21.9 Å². The number of aromatic nitrogens is 1. The second-order valence-corrected chi connectivity index (χ2v) is 5.49. The van der Waals surface area contributed by atoms with E-state index in [4.69, 9.17) is 5.26 Å². The number of allylic oxidation sites excluding steroid dienone is 2. The number of nitrogens with zero attached hydrogens (tertiary/aromatic N) is 2. The van der Waals surface area contributed by atoms with Crippen LogP contribution in [0.3, 0.4) is 0 Å². The molecule has 2 heterocycles. The number of nitriles is 1. The molecular weight excluding hydrogens is 304 g/mol. The molecule has 0 saturated carbocycles. The zero-order valence-electron chi connectivity index (χ0n) is 11.2. The molecule has 0 saturated heterocycles. The van der Waals surface area contributed by atoms with Crippen LogP contribution in [0.15, 0.2) is 58.2 Å². The van der Waals surface area contributed by atoms with Gasteiger partial charge in [0.25, 0.3) is 0 Å². The van der Waals surface area contributed by atoms with E-state index >= 15 is 0 Å². The molecule has 3 rings (SSSR count). The molecule has 1 aromatic carbocycles. The summed E-state index contributed by atoms with van der Waals surface area (Å²) in [4.78, 5) is 8.14. The maximum Gasteiger partial charge on any atom is 0.140 e. The Morgan fingerprint density at radius 2 is 2.14 bits per heavy atom. The lowest BCUT2D eigenvalue weighted by Gasteiger charge is -2.08. The highest BCUT2D eigenvalue weighted by atomic mass is 32.2. The van der Waals surface area contributed by atoms with Crippen LogP contribution in [-0.2, 0) is 0 Å². The third-order valence-electron chi connectivity index (χ3n) is 2.95. The molecule has 0 unspecified atom stereocenters. The van der Waals surface area contributed by atoms with E-state index < -0.39 is 11.6 Å². The summed E-state index contributed by atoms with van der Waals surface area (Å²) in [5, 5.41) is 8.92.